The van der Waals surface area contributed by atoms with Gasteiger partial charge < -0.3 is 15.4 Å². The predicted octanol–water partition coefficient (Wildman–Crippen LogP) is 2.34. The van der Waals surface area contributed by atoms with E-state index in [0.717, 1.165) is 0 Å². The van der Waals surface area contributed by atoms with Gasteiger partial charge in [0.2, 0.25) is 5.43 Å². The van der Waals surface area contributed by atoms with Crippen LogP contribution in [-0.2, 0) is 0 Å². The van der Waals surface area contributed by atoms with Gasteiger partial charge >= 0.3 is 5.97 Å². The summed E-state index contributed by atoms with van der Waals surface area (Å²) < 4.78 is 3.23. The fourth-order valence-corrected chi connectivity index (χ4v) is 3.14. The highest BCUT2D eigenvalue weighted by molar-refractivity contribution is 7.12. The molecule has 0 saturated heterocycles. The number of hydrogen-bond donors (Lipinski definition) is 2. The lowest BCUT2D eigenvalue weighted by molar-refractivity contribution is 0.0695. The molecule has 0 aliphatic heterocycles. The number of thiazole rings is 1. The van der Waals surface area contributed by atoms with Crippen molar-refractivity contribution in [2.24, 2.45) is 0 Å². The third-order valence-electron chi connectivity index (χ3n) is 3.67. The van der Waals surface area contributed by atoms with E-state index in [9.17, 15) is 14.7 Å². The molecule has 0 spiro atoms. The van der Waals surface area contributed by atoms with Crippen LogP contribution in [-0.4, -0.2) is 30.2 Å². The molecule has 3 N–H and O–H groups in total. The average molecular weight is 390 g/mol. The number of carbonyl (C=O) groups is 1. The van der Waals surface area contributed by atoms with Crippen LogP contribution in [0.5, 0.6) is 0 Å². The number of hydrogen-bond acceptors (Lipinski definition) is 6. The van der Waals surface area contributed by atoms with Crippen molar-refractivity contribution < 1.29 is 9.90 Å². The molecule has 0 aliphatic carbocycles. The minimum atomic E-state index is -1.29. The van der Waals surface area contributed by atoms with E-state index in [1.165, 1.54) is 22.1 Å². The van der Waals surface area contributed by atoms with Crippen molar-refractivity contribution >= 4 is 46.4 Å². The normalized spacial score (nSPS) is 10.6. The van der Waals surface area contributed by atoms with E-state index in [2.05, 4.69) is 9.97 Å². The minimum absolute atomic E-state index is 0. The van der Waals surface area contributed by atoms with Gasteiger partial charge in [-0.1, -0.05) is 0 Å². The molecular formula is C16H12ClN5O3S. The van der Waals surface area contributed by atoms with Gasteiger partial charge in [0.05, 0.1) is 5.39 Å². The number of aromatic nitrogens is 4. The van der Waals surface area contributed by atoms with Gasteiger partial charge in [-0.3, -0.25) is 9.36 Å². The third kappa shape index (κ3) is 2.83. The van der Waals surface area contributed by atoms with Crippen molar-refractivity contribution in [2.45, 2.75) is 0 Å². The summed E-state index contributed by atoms with van der Waals surface area (Å²) >= 11 is 1.31. The Morgan fingerprint density at radius 1 is 1.23 bits per heavy atom. The van der Waals surface area contributed by atoms with E-state index >= 15 is 0 Å². The number of nitrogens with two attached hydrogens (primary N) is 1. The van der Waals surface area contributed by atoms with Crippen LogP contribution in [0.1, 0.15) is 10.4 Å². The number of rotatable bonds is 3. The zero-order valence-electron chi connectivity index (χ0n) is 13.1. The highest BCUT2D eigenvalue weighted by Crippen LogP contribution is 2.20. The van der Waals surface area contributed by atoms with E-state index in [0.29, 0.717) is 22.3 Å². The fourth-order valence-electron chi connectivity index (χ4n) is 2.53. The van der Waals surface area contributed by atoms with Gasteiger partial charge in [0.25, 0.3) is 0 Å². The molecule has 4 heterocycles. The van der Waals surface area contributed by atoms with Crippen LogP contribution < -0.4 is 11.2 Å². The quantitative estimate of drug-likeness (QED) is 0.555. The summed E-state index contributed by atoms with van der Waals surface area (Å²) in [4.78, 5) is 32.6. The van der Waals surface area contributed by atoms with Gasteiger partial charge in [0, 0.05) is 35.9 Å². The number of fused-ring (bicyclic) bond motifs is 1. The molecule has 0 amide bonds. The Morgan fingerprint density at radius 3 is 2.65 bits per heavy atom. The number of nitrogens with zero attached hydrogens (tertiary/aromatic N) is 4. The number of anilines is 1. The maximum Gasteiger partial charge on any atom is 0.341 e. The van der Waals surface area contributed by atoms with Crippen LogP contribution >= 0.6 is 23.7 Å². The molecule has 4 aromatic heterocycles. The van der Waals surface area contributed by atoms with Crippen molar-refractivity contribution in [1.29, 1.82) is 0 Å². The summed E-state index contributed by atoms with van der Waals surface area (Å²) in [5.74, 6) is -0.739. The molecule has 26 heavy (non-hydrogen) atoms. The predicted molar refractivity (Wildman–Crippen MR) is 101 cm³/mol. The average Bonchev–Trinajstić information content (AvgIpc) is 3.26. The monoisotopic (exact) mass is 389 g/mol. The first-order valence-corrected chi connectivity index (χ1v) is 8.06. The van der Waals surface area contributed by atoms with Gasteiger partial charge in [-0.2, -0.15) is 0 Å². The largest absolute Gasteiger partial charge is 0.477 e. The summed E-state index contributed by atoms with van der Waals surface area (Å²) in [5.41, 5.74) is 5.73. The van der Waals surface area contributed by atoms with Crippen molar-refractivity contribution in [3.05, 3.63) is 64.2 Å². The molecule has 8 nitrogen and oxygen atoms in total. The summed E-state index contributed by atoms with van der Waals surface area (Å²) in [6.07, 6.45) is 6.31. The first-order chi connectivity index (χ1) is 12.0. The van der Waals surface area contributed by atoms with Crippen molar-refractivity contribution in [2.75, 3.05) is 5.73 Å². The topological polar surface area (TPSA) is 116 Å². The highest BCUT2D eigenvalue weighted by atomic mass is 35.5. The molecule has 0 saturated carbocycles. The Hall–Kier alpha value is -3.17. The van der Waals surface area contributed by atoms with Crippen LogP contribution in [0.25, 0.3) is 22.0 Å². The number of carboxylic acid groups (broad SMARTS) is 1. The van der Waals surface area contributed by atoms with Crippen molar-refractivity contribution in [1.82, 2.24) is 19.1 Å². The summed E-state index contributed by atoms with van der Waals surface area (Å²) in [5, 5.41) is 11.8. The van der Waals surface area contributed by atoms with Gasteiger partial charge in [-0.15, -0.1) is 23.7 Å². The van der Waals surface area contributed by atoms with E-state index in [1.54, 1.807) is 46.7 Å². The second kappa shape index (κ2) is 6.62. The van der Waals surface area contributed by atoms with Gasteiger partial charge in [0.15, 0.2) is 10.8 Å². The third-order valence-corrected chi connectivity index (χ3v) is 4.44. The van der Waals surface area contributed by atoms with Gasteiger partial charge in [-0.05, 0) is 18.2 Å². The Labute approximate surface area is 156 Å². The lowest BCUT2D eigenvalue weighted by Gasteiger charge is -2.10. The van der Waals surface area contributed by atoms with Crippen LogP contribution in [0.15, 0.2) is 53.2 Å². The lowest BCUT2D eigenvalue weighted by Crippen LogP contribution is -2.19. The van der Waals surface area contributed by atoms with Crippen molar-refractivity contribution in [3.8, 4) is 10.9 Å². The van der Waals surface area contributed by atoms with Crippen LogP contribution in [0.2, 0.25) is 0 Å². The second-order valence-electron chi connectivity index (χ2n) is 5.25. The molecular weight excluding hydrogens is 378 g/mol. The van der Waals surface area contributed by atoms with Gasteiger partial charge in [-0.25, -0.2) is 14.8 Å². The molecule has 4 aromatic rings. The standard InChI is InChI=1S/C16H11N5O3S.ClH/c17-9-3-5-20(7-9)12-2-1-10-13(22)11(15(23)24)8-21(14(10)19-12)16-18-4-6-25-16;/h1-8H,17H2,(H,23,24);1H. The Kier molecular flexibility index (Phi) is 4.49. The van der Waals surface area contributed by atoms with Crippen LogP contribution in [0, 0.1) is 0 Å². The number of aromatic carboxylic acids is 1. The molecule has 0 atom stereocenters. The number of nitrogen functional groups attached to an aromatic ring is 1. The number of pyridine rings is 2. The number of halogens is 1. The summed E-state index contributed by atoms with van der Waals surface area (Å²) in [7, 11) is 0. The SMILES string of the molecule is Cl.Nc1ccn(-c2ccc3c(=O)c(C(=O)O)cn(-c4nccs4)c3n2)c1. The minimum Gasteiger partial charge on any atom is -0.477 e. The lowest BCUT2D eigenvalue weighted by atomic mass is 10.2. The smallest absolute Gasteiger partial charge is 0.341 e. The highest BCUT2D eigenvalue weighted by Gasteiger charge is 2.17. The fraction of sp³-hybridized carbons (Fsp3) is 0. The van der Waals surface area contributed by atoms with Crippen molar-refractivity contribution in [3.63, 3.8) is 0 Å². The Bertz CT molecular complexity index is 1170. The van der Waals surface area contributed by atoms with E-state index in [4.69, 9.17) is 5.73 Å². The zero-order chi connectivity index (χ0) is 17.6. The zero-order valence-corrected chi connectivity index (χ0v) is 14.7. The molecule has 0 bridgehead atoms. The molecule has 0 radical (unpaired) electrons. The van der Waals surface area contributed by atoms with E-state index in [-0.39, 0.29) is 23.4 Å². The van der Waals surface area contributed by atoms with Crippen LogP contribution in [0.3, 0.4) is 0 Å². The Balaban J connectivity index is 0.00000196. The molecule has 0 unspecified atom stereocenters. The second-order valence-corrected chi connectivity index (χ2v) is 6.13. The maximum absolute atomic E-state index is 12.5. The van der Waals surface area contributed by atoms with Crippen LogP contribution in [0.4, 0.5) is 5.69 Å². The van der Waals surface area contributed by atoms with E-state index in [1.807, 2.05) is 0 Å². The molecule has 132 valence electrons. The number of carboxylic acids is 1. The molecule has 0 aliphatic rings. The summed E-state index contributed by atoms with van der Waals surface area (Å²) in [6, 6.07) is 4.93. The Morgan fingerprint density at radius 2 is 2.04 bits per heavy atom. The summed E-state index contributed by atoms with van der Waals surface area (Å²) in [6.45, 7) is 0. The maximum atomic E-state index is 12.5. The first-order valence-electron chi connectivity index (χ1n) is 7.18. The van der Waals surface area contributed by atoms with Gasteiger partial charge in [0.1, 0.15) is 11.4 Å². The molecule has 4 rings (SSSR count). The van der Waals surface area contributed by atoms with E-state index < -0.39 is 11.4 Å². The molecule has 0 aromatic carbocycles. The first kappa shape index (κ1) is 17.6. The molecule has 10 heteroatoms. The molecule has 0 fully saturated rings.